The first-order valence-electron chi connectivity index (χ1n) is 27.1. The van der Waals surface area contributed by atoms with Crippen molar-refractivity contribution in [3.05, 3.63) is 204 Å². The van der Waals surface area contributed by atoms with Crippen molar-refractivity contribution in [1.29, 1.82) is 0 Å². The summed E-state index contributed by atoms with van der Waals surface area (Å²) in [6.07, 6.45) is 5.81. The molecule has 0 saturated carbocycles. The molecule has 0 amide bonds. The van der Waals surface area contributed by atoms with E-state index in [4.69, 9.17) is 18.9 Å². The van der Waals surface area contributed by atoms with E-state index in [9.17, 15) is 0 Å². The van der Waals surface area contributed by atoms with Crippen molar-refractivity contribution in [2.45, 2.75) is 119 Å². The van der Waals surface area contributed by atoms with Gasteiger partial charge in [-0.2, -0.15) is 5.10 Å². The van der Waals surface area contributed by atoms with Crippen LogP contribution in [0.3, 0.4) is 0 Å². The molecular weight excluding hydrogens is 889 g/mol. The molecule has 0 aliphatic rings. The number of benzene rings is 7. The lowest BCUT2D eigenvalue weighted by Crippen LogP contribution is -2.12. The van der Waals surface area contributed by atoms with E-state index in [2.05, 4.69) is 227 Å². The molecule has 0 radical (unpaired) electrons. The number of nitrogens with zero attached hydrogens (tertiary/aromatic N) is 4. The van der Waals surface area contributed by atoms with Crippen LogP contribution < -0.4 is 4.74 Å². The molecule has 7 aromatic carbocycles. The highest BCUT2D eigenvalue weighted by Gasteiger charge is 2.23. The number of aromatic nitrogens is 4. The molecule has 3 aromatic heterocycles. The highest BCUT2D eigenvalue weighted by atomic mass is 16.5. The Hall–Kier alpha value is -7.50. The van der Waals surface area contributed by atoms with E-state index in [1.54, 1.807) is 6.20 Å². The van der Waals surface area contributed by atoms with Crippen LogP contribution in [0.4, 0.5) is 0 Å². The Bertz CT molecular complexity index is 3810. The SMILES string of the molecule is [2H]C([2H])([2H])c1cc(C(C)(C)C)cc(C)c1-c1ccnc(-n2c3ccc(C(C)(C)C)cc3c3ccc(Oc4cc(-c5ccc(C(C)(C)C)cc5-c5ccccc5)cc(-n5cc(-c6ccc(C(C)(C)C)cc6)cn5)c4)cc32)c1. The van der Waals surface area contributed by atoms with Crippen LogP contribution in [0.15, 0.2) is 170 Å². The number of aryl methyl sites for hydroxylation is 2. The first-order valence-corrected chi connectivity index (χ1v) is 25.6. The van der Waals surface area contributed by atoms with Crippen molar-refractivity contribution in [2.24, 2.45) is 0 Å². The molecule has 0 bridgehead atoms. The lowest BCUT2D eigenvalue weighted by atomic mass is 9.83. The normalized spacial score (nSPS) is 13.3. The third-order valence-electron chi connectivity index (χ3n) is 14.4. The molecule has 73 heavy (non-hydrogen) atoms. The summed E-state index contributed by atoms with van der Waals surface area (Å²) < 4.78 is 37.4. The Morgan fingerprint density at radius 2 is 1.14 bits per heavy atom. The number of hydrogen-bond acceptors (Lipinski definition) is 3. The van der Waals surface area contributed by atoms with Crippen molar-refractivity contribution in [1.82, 2.24) is 19.3 Å². The fraction of sp³-hybridized carbons (Fsp3) is 0.265. The minimum absolute atomic E-state index is 0.0496. The summed E-state index contributed by atoms with van der Waals surface area (Å²) in [6, 6.07) is 53.5. The van der Waals surface area contributed by atoms with E-state index in [0.717, 1.165) is 77.6 Å². The number of fused-ring (bicyclic) bond motifs is 3. The molecule has 368 valence electrons. The molecule has 5 nitrogen and oxygen atoms in total. The summed E-state index contributed by atoms with van der Waals surface area (Å²) in [5.41, 5.74) is 16.4. The number of pyridine rings is 1. The van der Waals surface area contributed by atoms with Gasteiger partial charge in [-0.25, -0.2) is 9.67 Å². The highest BCUT2D eigenvalue weighted by molar-refractivity contribution is 6.10. The van der Waals surface area contributed by atoms with Gasteiger partial charge in [-0.15, -0.1) is 0 Å². The number of ether oxygens (including phenoxy) is 1. The zero-order valence-corrected chi connectivity index (χ0v) is 44.9. The average molecular weight is 962 g/mol. The topological polar surface area (TPSA) is 44.9 Å². The summed E-state index contributed by atoms with van der Waals surface area (Å²) >= 11 is 0. The summed E-state index contributed by atoms with van der Waals surface area (Å²) in [4.78, 5) is 5.03. The molecule has 0 unspecified atom stereocenters. The van der Waals surface area contributed by atoms with Gasteiger partial charge in [0.25, 0.3) is 0 Å². The Balaban J connectivity index is 1.14. The molecule has 3 heterocycles. The fourth-order valence-corrected chi connectivity index (χ4v) is 10.0. The molecule has 0 spiro atoms. The summed E-state index contributed by atoms with van der Waals surface area (Å²) in [6.45, 7) is 26.2. The Morgan fingerprint density at radius 1 is 0.466 bits per heavy atom. The molecule has 10 rings (SSSR count). The standard InChI is InChI=1S/C68H70N4O/c1-43-32-53(68(12,13)14)33-44(2)64(43)47-30-31-69-63(36-47)72-61-29-25-52(67(9,10)11)38-60(61)58-28-26-55(40-62(58)72)73-56-35-48(57-27-24-51(66(6,7)8)37-59(57)46-18-16-15-17-19-46)34-54(39-56)71-42-49(41-70-71)45-20-22-50(23-21-45)65(3,4)5/h15-42H,1-14H3/i1D3. The second-order valence-electron chi connectivity index (χ2n) is 24.1. The summed E-state index contributed by atoms with van der Waals surface area (Å²) in [5, 5.41) is 7.11. The molecule has 0 atom stereocenters. The summed E-state index contributed by atoms with van der Waals surface area (Å²) in [7, 11) is 0. The highest BCUT2D eigenvalue weighted by Crippen LogP contribution is 2.42. The van der Waals surface area contributed by atoms with Gasteiger partial charge in [-0.1, -0.05) is 174 Å². The minimum atomic E-state index is -2.33. The second kappa shape index (κ2) is 18.2. The molecule has 0 aliphatic carbocycles. The predicted molar refractivity (Wildman–Crippen MR) is 308 cm³/mol. The quantitative estimate of drug-likeness (QED) is 0.152. The van der Waals surface area contributed by atoms with Gasteiger partial charge in [0.05, 0.1) is 22.9 Å². The Morgan fingerprint density at radius 3 is 1.84 bits per heavy atom. The zero-order chi connectivity index (χ0) is 54.3. The van der Waals surface area contributed by atoms with Gasteiger partial charge in [0.2, 0.25) is 0 Å². The third kappa shape index (κ3) is 9.78. The summed E-state index contributed by atoms with van der Waals surface area (Å²) in [5.74, 6) is 1.98. The molecule has 0 aliphatic heterocycles. The second-order valence-corrected chi connectivity index (χ2v) is 24.1. The van der Waals surface area contributed by atoms with Crippen LogP contribution >= 0.6 is 0 Å². The molecule has 0 saturated heterocycles. The molecular formula is C68H70N4O. The van der Waals surface area contributed by atoms with Crippen LogP contribution in [0.1, 0.15) is 121 Å². The first kappa shape index (κ1) is 45.4. The lowest BCUT2D eigenvalue weighted by Gasteiger charge is -2.22. The van der Waals surface area contributed by atoms with Crippen molar-refractivity contribution in [3.8, 4) is 67.5 Å². The van der Waals surface area contributed by atoms with Crippen LogP contribution in [0, 0.1) is 13.8 Å². The maximum Gasteiger partial charge on any atom is 0.138 e. The largest absolute Gasteiger partial charge is 0.457 e. The van der Waals surface area contributed by atoms with Gasteiger partial charge in [-0.05, 0) is 156 Å². The van der Waals surface area contributed by atoms with Gasteiger partial charge in [0, 0.05) is 45.0 Å². The maximum atomic E-state index is 8.71. The van der Waals surface area contributed by atoms with Gasteiger partial charge in [0.15, 0.2) is 0 Å². The smallest absolute Gasteiger partial charge is 0.138 e. The Labute approximate surface area is 437 Å². The van der Waals surface area contributed by atoms with E-state index < -0.39 is 6.85 Å². The molecule has 0 N–H and O–H groups in total. The van der Waals surface area contributed by atoms with Crippen LogP contribution in [-0.2, 0) is 21.7 Å². The predicted octanol–water partition coefficient (Wildman–Crippen LogP) is 18.6. The van der Waals surface area contributed by atoms with Crippen LogP contribution in [0.5, 0.6) is 11.5 Å². The van der Waals surface area contributed by atoms with E-state index in [-0.39, 0.29) is 21.7 Å². The molecule has 10 aromatic rings. The van der Waals surface area contributed by atoms with E-state index in [1.807, 2.05) is 36.0 Å². The minimum Gasteiger partial charge on any atom is -0.457 e. The van der Waals surface area contributed by atoms with Crippen molar-refractivity contribution in [2.75, 3.05) is 0 Å². The van der Waals surface area contributed by atoms with Crippen molar-refractivity contribution < 1.29 is 8.85 Å². The van der Waals surface area contributed by atoms with Crippen molar-refractivity contribution in [3.63, 3.8) is 0 Å². The van der Waals surface area contributed by atoms with E-state index in [1.165, 1.54) is 16.7 Å². The fourth-order valence-electron chi connectivity index (χ4n) is 10.0. The van der Waals surface area contributed by atoms with Gasteiger partial charge >= 0.3 is 0 Å². The first-order chi connectivity index (χ1) is 35.7. The molecule has 5 heteroatoms. The number of rotatable bonds is 8. The average Bonchev–Trinajstić information content (AvgIpc) is 4.01. The van der Waals surface area contributed by atoms with E-state index in [0.29, 0.717) is 28.4 Å². The number of hydrogen-bond donors (Lipinski definition) is 0. The lowest BCUT2D eigenvalue weighted by molar-refractivity contribution is 0.483. The van der Waals surface area contributed by atoms with Gasteiger partial charge in [0.1, 0.15) is 17.3 Å². The van der Waals surface area contributed by atoms with Crippen molar-refractivity contribution >= 4 is 21.8 Å². The Kier molecular flexibility index (Phi) is 11.3. The van der Waals surface area contributed by atoms with Crippen LogP contribution in [-0.4, -0.2) is 19.3 Å². The third-order valence-corrected chi connectivity index (χ3v) is 14.4. The zero-order valence-electron chi connectivity index (χ0n) is 47.9. The van der Waals surface area contributed by atoms with Crippen LogP contribution in [0.25, 0.3) is 77.8 Å². The van der Waals surface area contributed by atoms with E-state index >= 15 is 0 Å². The maximum absolute atomic E-state index is 8.71. The van der Waals surface area contributed by atoms with Gasteiger partial charge in [-0.3, -0.25) is 4.57 Å². The van der Waals surface area contributed by atoms with Crippen LogP contribution in [0.2, 0.25) is 0 Å². The monoisotopic (exact) mass is 962 g/mol. The van der Waals surface area contributed by atoms with Gasteiger partial charge < -0.3 is 4.74 Å². The molecule has 0 fully saturated rings.